The van der Waals surface area contributed by atoms with E-state index in [2.05, 4.69) is 5.32 Å². The van der Waals surface area contributed by atoms with Gasteiger partial charge in [0, 0.05) is 19.0 Å². The number of nitrogens with one attached hydrogen (secondary N) is 1. The van der Waals surface area contributed by atoms with Crippen molar-refractivity contribution in [3.05, 3.63) is 95.6 Å². The predicted octanol–water partition coefficient (Wildman–Crippen LogP) is 4.64. The number of fused-ring (bicyclic) bond motifs is 3. The molecule has 3 aromatic carbocycles. The van der Waals surface area contributed by atoms with Crippen molar-refractivity contribution in [2.45, 2.75) is 18.9 Å². The van der Waals surface area contributed by atoms with Crippen LogP contribution in [-0.4, -0.2) is 54.4 Å². The molecule has 0 radical (unpaired) electrons. The van der Waals surface area contributed by atoms with E-state index in [1.165, 1.54) is 0 Å². The highest BCUT2D eigenvalue weighted by Crippen LogP contribution is 2.44. The number of carbonyl (C=O) groups excluding carboxylic acids is 2. The molecule has 1 aliphatic rings. The minimum absolute atomic E-state index is 0.104. The highest BCUT2D eigenvalue weighted by molar-refractivity contribution is 5.79. The zero-order valence-corrected chi connectivity index (χ0v) is 19.8. The molecule has 1 aliphatic carbocycles. The van der Waals surface area contributed by atoms with Crippen molar-refractivity contribution in [2.24, 2.45) is 0 Å². The Morgan fingerprint density at radius 1 is 0.833 bits per heavy atom. The van der Waals surface area contributed by atoms with Gasteiger partial charge < -0.3 is 19.9 Å². The van der Waals surface area contributed by atoms with E-state index in [1.54, 1.807) is 0 Å². The molecule has 0 bridgehead atoms. The Morgan fingerprint density at radius 2 is 1.44 bits per heavy atom. The number of amides is 2. The van der Waals surface area contributed by atoms with Crippen LogP contribution in [0.15, 0.2) is 78.9 Å². The first-order valence-corrected chi connectivity index (χ1v) is 11.8. The average Bonchev–Trinajstić information content (AvgIpc) is 3.22. The fourth-order valence-electron chi connectivity index (χ4n) is 4.32. The zero-order chi connectivity index (χ0) is 25.3. The second kappa shape index (κ2) is 11.9. The number of ether oxygens (including phenoxy) is 2. The first-order valence-electron chi connectivity index (χ1n) is 11.8. The monoisotopic (exact) mass is 488 g/mol. The number of hydrogen-bond donors (Lipinski definition) is 2. The summed E-state index contributed by atoms with van der Waals surface area (Å²) in [6.07, 6.45) is -0.937. The van der Waals surface area contributed by atoms with Crippen LogP contribution in [0.25, 0.3) is 11.1 Å². The Kier molecular flexibility index (Phi) is 8.18. The van der Waals surface area contributed by atoms with E-state index in [0.29, 0.717) is 6.42 Å². The lowest BCUT2D eigenvalue weighted by molar-refractivity contribution is -0.138. The van der Waals surface area contributed by atoms with Gasteiger partial charge in [-0.1, -0.05) is 78.9 Å². The summed E-state index contributed by atoms with van der Waals surface area (Å²) in [6.45, 7) is 0.0993. The van der Waals surface area contributed by atoms with Crippen molar-refractivity contribution in [1.29, 1.82) is 0 Å². The number of alkyl carbamates (subject to hydrolysis) is 1. The Bertz CT molecular complexity index is 1170. The number of carboxylic acid groups (broad SMARTS) is 1. The smallest absolute Gasteiger partial charge is 0.410 e. The van der Waals surface area contributed by atoms with Crippen molar-refractivity contribution < 1.29 is 29.0 Å². The number of benzene rings is 3. The fraction of sp³-hybridized carbons (Fsp3) is 0.250. The molecular weight excluding hydrogens is 460 g/mol. The molecule has 3 aromatic rings. The van der Waals surface area contributed by atoms with E-state index >= 15 is 0 Å². The van der Waals surface area contributed by atoms with Gasteiger partial charge in [0.15, 0.2) is 0 Å². The fourth-order valence-corrected chi connectivity index (χ4v) is 4.32. The van der Waals surface area contributed by atoms with Gasteiger partial charge >= 0.3 is 18.2 Å². The van der Waals surface area contributed by atoms with Gasteiger partial charge in [0.05, 0.1) is 0 Å². The van der Waals surface area contributed by atoms with Crippen LogP contribution in [0, 0.1) is 0 Å². The summed E-state index contributed by atoms with van der Waals surface area (Å²) in [5.41, 5.74) is 5.25. The van der Waals surface area contributed by atoms with Gasteiger partial charge in [-0.2, -0.15) is 0 Å². The van der Waals surface area contributed by atoms with E-state index < -0.39 is 24.7 Å². The first kappa shape index (κ1) is 24.8. The molecule has 0 spiro atoms. The molecule has 2 N–H and O–H groups in total. The van der Waals surface area contributed by atoms with Crippen LogP contribution in [0.2, 0.25) is 0 Å². The number of carbonyl (C=O) groups is 3. The quantitative estimate of drug-likeness (QED) is 0.403. The lowest BCUT2D eigenvalue weighted by Crippen LogP contribution is -2.38. The molecule has 2 amide bonds. The SMILES string of the molecule is O=C(O)CN(CCCNC(=O)OCc1ccccc1)C(=O)OCC1c2ccccc2-c2ccccc21. The van der Waals surface area contributed by atoms with Crippen LogP contribution in [0.5, 0.6) is 0 Å². The van der Waals surface area contributed by atoms with Gasteiger partial charge in [0.1, 0.15) is 19.8 Å². The number of rotatable bonds is 10. The van der Waals surface area contributed by atoms with Crippen molar-refractivity contribution in [2.75, 3.05) is 26.2 Å². The maximum atomic E-state index is 12.8. The van der Waals surface area contributed by atoms with Gasteiger partial charge in [-0.15, -0.1) is 0 Å². The molecule has 0 saturated heterocycles. The lowest BCUT2D eigenvalue weighted by atomic mass is 9.98. The average molecular weight is 489 g/mol. The third-order valence-corrected chi connectivity index (χ3v) is 6.01. The number of carboxylic acids is 1. The highest BCUT2D eigenvalue weighted by Gasteiger charge is 2.30. The minimum Gasteiger partial charge on any atom is -0.480 e. The maximum absolute atomic E-state index is 12.8. The molecule has 36 heavy (non-hydrogen) atoms. The van der Waals surface area contributed by atoms with E-state index in [1.807, 2.05) is 78.9 Å². The van der Waals surface area contributed by atoms with Crippen molar-refractivity contribution in [3.8, 4) is 11.1 Å². The summed E-state index contributed by atoms with van der Waals surface area (Å²) >= 11 is 0. The normalized spacial score (nSPS) is 11.8. The Morgan fingerprint density at radius 3 is 2.08 bits per heavy atom. The van der Waals surface area contributed by atoms with Crippen LogP contribution in [-0.2, 0) is 20.9 Å². The summed E-state index contributed by atoms with van der Waals surface area (Å²) in [4.78, 5) is 37.1. The van der Waals surface area contributed by atoms with Crippen LogP contribution >= 0.6 is 0 Å². The topological polar surface area (TPSA) is 105 Å². The van der Waals surface area contributed by atoms with Crippen LogP contribution in [0.1, 0.15) is 29.0 Å². The van der Waals surface area contributed by atoms with Gasteiger partial charge in [-0.3, -0.25) is 9.69 Å². The molecule has 0 unspecified atom stereocenters. The molecule has 8 heteroatoms. The molecule has 0 saturated carbocycles. The number of nitrogens with zero attached hydrogens (tertiary/aromatic N) is 1. The summed E-state index contributed by atoms with van der Waals surface area (Å²) in [5, 5.41) is 11.9. The third kappa shape index (κ3) is 6.21. The zero-order valence-electron chi connectivity index (χ0n) is 19.8. The molecule has 0 aromatic heterocycles. The van der Waals surface area contributed by atoms with Gasteiger partial charge in [0.2, 0.25) is 0 Å². The number of hydrogen-bond acceptors (Lipinski definition) is 5. The summed E-state index contributed by atoms with van der Waals surface area (Å²) in [7, 11) is 0. The van der Waals surface area contributed by atoms with E-state index in [4.69, 9.17) is 9.47 Å². The predicted molar refractivity (Wildman–Crippen MR) is 134 cm³/mol. The van der Waals surface area contributed by atoms with Crippen molar-refractivity contribution >= 4 is 18.2 Å². The summed E-state index contributed by atoms with van der Waals surface area (Å²) in [5.74, 6) is -1.26. The molecule has 0 fully saturated rings. The van der Waals surface area contributed by atoms with Crippen molar-refractivity contribution in [1.82, 2.24) is 10.2 Å². The molecular formula is C28H28N2O6. The Balaban J connectivity index is 1.27. The highest BCUT2D eigenvalue weighted by atomic mass is 16.6. The molecule has 186 valence electrons. The van der Waals surface area contributed by atoms with Crippen molar-refractivity contribution in [3.63, 3.8) is 0 Å². The summed E-state index contributed by atoms with van der Waals surface area (Å²) in [6, 6.07) is 25.3. The number of aliphatic carboxylic acids is 1. The molecule has 0 atom stereocenters. The molecule has 4 rings (SSSR count). The Labute approximate surface area is 209 Å². The molecule has 8 nitrogen and oxygen atoms in total. The molecule has 0 aliphatic heterocycles. The largest absolute Gasteiger partial charge is 0.480 e. The van der Waals surface area contributed by atoms with Gasteiger partial charge in [0.25, 0.3) is 0 Å². The minimum atomic E-state index is -1.14. The standard InChI is InChI=1S/C28H28N2O6/c31-26(32)17-30(16-8-15-29-27(33)35-18-20-9-2-1-3-10-20)28(34)36-19-25-23-13-6-4-11-21(23)22-12-5-7-14-24(22)25/h1-7,9-14,25H,8,15-19H2,(H,29,33)(H,31,32). The maximum Gasteiger partial charge on any atom is 0.410 e. The lowest BCUT2D eigenvalue weighted by Gasteiger charge is -2.22. The van der Waals surface area contributed by atoms with E-state index in [9.17, 15) is 19.5 Å². The summed E-state index contributed by atoms with van der Waals surface area (Å²) < 4.78 is 10.7. The second-order valence-corrected chi connectivity index (χ2v) is 8.46. The van der Waals surface area contributed by atoms with E-state index in [0.717, 1.165) is 32.7 Å². The third-order valence-electron chi connectivity index (χ3n) is 6.01. The van der Waals surface area contributed by atoms with Crippen LogP contribution in [0.3, 0.4) is 0 Å². The van der Waals surface area contributed by atoms with Crippen LogP contribution in [0.4, 0.5) is 9.59 Å². The van der Waals surface area contributed by atoms with Gasteiger partial charge in [-0.05, 0) is 34.2 Å². The second-order valence-electron chi connectivity index (χ2n) is 8.46. The Hall–Kier alpha value is -4.33. The van der Waals surface area contributed by atoms with E-state index in [-0.39, 0.29) is 32.2 Å². The molecule has 0 heterocycles. The van der Waals surface area contributed by atoms with Crippen LogP contribution < -0.4 is 5.32 Å². The first-order chi connectivity index (χ1) is 17.5. The van der Waals surface area contributed by atoms with Gasteiger partial charge in [-0.25, -0.2) is 9.59 Å².